The number of carbonyl (C=O) groups excluding carboxylic acids is 2. The lowest BCUT2D eigenvalue weighted by Crippen LogP contribution is -2.59. The first kappa shape index (κ1) is 25.4. The number of aromatic nitrogens is 1. The van der Waals surface area contributed by atoms with Gasteiger partial charge in [0.1, 0.15) is 12.1 Å². The number of benzene rings is 1. The molecule has 2 aromatic rings. The summed E-state index contributed by atoms with van der Waals surface area (Å²) in [5.74, 6) is -0.617. The van der Waals surface area contributed by atoms with E-state index in [0.717, 1.165) is 48.5 Å². The van der Waals surface area contributed by atoms with Crippen LogP contribution in [0.15, 0.2) is 29.6 Å². The van der Waals surface area contributed by atoms with Crippen LogP contribution in [0.5, 0.6) is 0 Å². The summed E-state index contributed by atoms with van der Waals surface area (Å²) in [6, 6.07) is 9.22. The minimum atomic E-state index is -0.985. The average molecular weight is 511 g/mol. The van der Waals surface area contributed by atoms with Gasteiger partial charge in [-0.3, -0.25) is 9.59 Å². The maximum absolute atomic E-state index is 13.0. The standard InChI is InChI=1S/C25H30N6O4S/c26-12-13-27-22(33)25(10-2-1-3-11-25)30-21(32)18-6-4-17(5-7-18)20-16-36-23(29-20)28-19-8-14-31(15-9-19)24(34)35/h4-7,16,19H,1-3,8-11,13-15H2,(H,27,33)(H,28,29)(H,30,32)(H,34,35). The van der Waals surface area contributed by atoms with Crippen molar-refractivity contribution in [3.8, 4) is 17.3 Å². The van der Waals surface area contributed by atoms with Gasteiger partial charge in [-0.15, -0.1) is 11.3 Å². The molecule has 0 atom stereocenters. The lowest BCUT2D eigenvalue weighted by molar-refractivity contribution is -0.128. The molecule has 2 aliphatic rings. The Kier molecular flexibility index (Phi) is 8.05. The zero-order valence-corrected chi connectivity index (χ0v) is 20.8. The predicted octanol–water partition coefficient (Wildman–Crippen LogP) is 3.44. The molecular weight excluding hydrogens is 480 g/mol. The second kappa shape index (κ2) is 11.4. The molecule has 0 bridgehead atoms. The molecule has 0 radical (unpaired) electrons. The van der Waals surface area contributed by atoms with E-state index in [9.17, 15) is 14.4 Å². The van der Waals surface area contributed by atoms with Gasteiger partial charge in [-0.1, -0.05) is 31.4 Å². The molecule has 190 valence electrons. The van der Waals surface area contributed by atoms with Crippen molar-refractivity contribution in [1.82, 2.24) is 20.5 Å². The molecule has 1 aliphatic heterocycles. The number of amides is 3. The van der Waals surface area contributed by atoms with Gasteiger partial charge in [0, 0.05) is 35.6 Å². The van der Waals surface area contributed by atoms with E-state index < -0.39 is 11.6 Å². The number of anilines is 1. The lowest BCUT2D eigenvalue weighted by Gasteiger charge is -2.36. The highest BCUT2D eigenvalue weighted by atomic mass is 32.1. The summed E-state index contributed by atoms with van der Waals surface area (Å²) in [4.78, 5) is 42.9. The number of carbonyl (C=O) groups is 3. The van der Waals surface area contributed by atoms with E-state index in [1.54, 1.807) is 12.1 Å². The van der Waals surface area contributed by atoms with Crippen molar-refractivity contribution >= 4 is 34.4 Å². The second-order valence-corrected chi connectivity index (χ2v) is 10.1. The SMILES string of the molecule is N#CCNC(=O)C1(NC(=O)c2ccc(-c3csc(NC4CCN(C(=O)O)CC4)n3)cc2)CCCCC1. The monoisotopic (exact) mass is 510 g/mol. The zero-order valence-electron chi connectivity index (χ0n) is 20.0. The molecule has 1 aromatic carbocycles. The fourth-order valence-electron chi connectivity index (χ4n) is 4.80. The molecule has 11 heteroatoms. The Hall–Kier alpha value is -3.65. The Morgan fingerprint density at radius 2 is 1.83 bits per heavy atom. The van der Waals surface area contributed by atoms with E-state index in [-0.39, 0.29) is 24.4 Å². The van der Waals surface area contributed by atoms with Crippen molar-refractivity contribution < 1.29 is 19.5 Å². The molecule has 1 saturated carbocycles. The molecule has 1 saturated heterocycles. The van der Waals surface area contributed by atoms with Gasteiger partial charge in [-0.05, 0) is 37.8 Å². The molecule has 4 rings (SSSR count). The number of hydrogen-bond acceptors (Lipinski definition) is 7. The molecule has 2 fully saturated rings. The van der Waals surface area contributed by atoms with Gasteiger partial charge in [0.15, 0.2) is 5.13 Å². The minimum Gasteiger partial charge on any atom is -0.465 e. The van der Waals surface area contributed by atoms with Crippen molar-refractivity contribution in [1.29, 1.82) is 5.26 Å². The predicted molar refractivity (Wildman–Crippen MR) is 136 cm³/mol. The Morgan fingerprint density at radius 1 is 1.14 bits per heavy atom. The first-order valence-electron chi connectivity index (χ1n) is 12.2. The fraction of sp³-hybridized carbons (Fsp3) is 0.480. The largest absolute Gasteiger partial charge is 0.465 e. The van der Waals surface area contributed by atoms with E-state index >= 15 is 0 Å². The molecule has 2 heterocycles. The number of nitrogens with one attached hydrogen (secondary N) is 3. The van der Waals surface area contributed by atoms with Gasteiger partial charge in [-0.2, -0.15) is 5.26 Å². The molecule has 4 N–H and O–H groups in total. The van der Waals surface area contributed by atoms with Crippen LogP contribution >= 0.6 is 11.3 Å². The topological polar surface area (TPSA) is 147 Å². The van der Waals surface area contributed by atoms with Gasteiger partial charge >= 0.3 is 6.09 Å². The molecule has 0 spiro atoms. The number of hydrogen-bond donors (Lipinski definition) is 4. The van der Waals surface area contributed by atoms with Crippen LogP contribution in [0.4, 0.5) is 9.93 Å². The van der Waals surface area contributed by atoms with Crippen LogP contribution in [0.1, 0.15) is 55.3 Å². The highest BCUT2D eigenvalue weighted by Crippen LogP contribution is 2.30. The van der Waals surface area contributed by atoms with Gasteiger partial charge in [0.2, 0.25) is 5.91 Å². The van der Waals surface area contributed by atoms with Crippen LogP contribution in [0.2, 0.25) is 0 Å². The van der Waals surface area contributed by atoms with Crippen LogP contribution < -0.4 is 16.0 Å². The van der Waals surface area contributed by atoms with Gasteiger partial charge in [0.25, 0.3) is 5.91 Å². The normalized spacial score (nSPS) is 17.6. The highest BCUT2D eigenvalue weighted by Gasteiger charge is 2.40. The average Bonchev–Trinajstić information content (AvgIpc) is 3.36. The summed E-state index contributed by atoms with van der Waals surface area (Å²) in [6.07, 6.45) is 4.41. The summed E-state index contributed by atoms with van der Waals surface area (Å²) in [5, 5.41) is 29.6. The van der Waals surface area contributed by atoms with Crippen LogP contribution in [-0.2, 0) is 4.79 Å². The number of nitriles is 1. The summed E-state index contributed by atoms with van der Waals surface area (Å²) in [5.41, 5.74) is 1.13. The third kappa shape index (κ3) is 5.94. The maximum atomic E-state index is 13.0. The van der Waals surface area contributed by atoms with E-state index in [1.807, 2.05) is 23.6 Å². The molecule has 1 aromatic heterocycles. The Balaban J connectivity index is 1.37. The summed E-state index contributed by atoms with van der Waals surface area (Å²) >= 11 is 1.49. The van der Waals surface area contributed by atoms with E-state index in [1.165, 1.54) is 16.2 Å². The number of nitrogens with zero attached hydrogens (tertiary/aromatic N) is 3. The van der Waals surface area contributed by atoms with E-state index in [4.69, 9.17) is 10.4 Å². The molecule has 1 aliphatic carbocycles. The smallest absolute Gasteiger partial charge is 0.407 e. The van der Waals surface area contributed by atoms with Gasteiger partial charge < -0.3 is 26.0 Å². The summed E-state index contributed by atoms with van der Waals surface area (Å²) in [6.45, 7) is 0.934. The molecule has 36 heavy (non-hydrogen) atoms. The first-order valence-corrected chi connectivity index (χ1v) is 13.1. The molecule has 0 unspecified atom stereocenters. The number of rotatable bonds is 7. The van der Waals surface area contributed by atoms with E-state index in [2.05, 4.69) is 20.9 Å². The van der Waals surface area contributed by atoms with Crippen LogP contribution in [0.25, 0.3) is 11.3 Å². The second-order valence-electron chi connectivity index (χ2n) is 9.24. The van der Waals surface area contributed by atoms with Crippen LogP contribution in [-0.4, -0.2) is 64.1 Å². The zero-order chi connectivity index (χ0) is 25.5. The van der Waals surface area contributed by atoms with Crippen molar-refractivity contribution in [3.63, 3.8) is 0 Å². The van der Waals surface area contributed by atoms with Crippen LogP contribution in [0, 0.1) is 11.3 Å². The summed E-state index contributed by atoms with van der Waals surface area (Å²) in [7, 11) is 0. The van der Waals surface area contributed by atoms with Crippen molar-refractivity contribution in [2.45, 2.75) is 56.5 Å². The number of thiazole rings is 1. The van der Waals surface area contributed by atoms with Crippen molar-refractivity contribution in [3.05, 3.63) is 35.2 Å². The number of piperidine rings is 1. The third-order valence-corrected chi connectivity index (χ3v) is 7.64. The third-order valence-electron chi connectivity index (χ3n) is 6.86. The fourth-order valence-corrected chi connectivity index (χ4v) is 5.60. The highest BCUT2D eigenvalue weighted by molar-refractivity contribution is 7.14. The van der Waals surface area contributed by atoms with Crippen molar-refractivity contribution in [2.75, 3.05) is 25.0 Å². The number of likely N-dealkylation sites (tertiary alicyclic amines) is 1. The quantitative estimate of drug-likeness (QED) is 0.417. The molecular formula is C25H30N6O4S. The van der Waals surface area contributed by atoms with Crippen molar-refractivity contribution in [2.24, 2.45) is 0 Å². The Labute approximate surface area is 213 Å². The summed E-state index contributed by atoms with van der Waals surface area (Å²) < 4.78 is 0. The number of carboxylic acid groups (broad SMARTS) is 1. The van der Waals surface area contributed by atoms with E-state index in [0.29, 0.717) is 31.5 Å². The first-order chi connectivity index (χ1) is 17.4. The minimum absolute atomic E-state index is 0.0861. The van der Waals surface area contributed by atoms with Crippen LogP contribution in [0.3, 0.4) is 0 Å². The molecule has 10 nitrogen and oxygen atoms in total. The Morgan fingerprint density at radius 3 is 2.47 bits per heavy atom. The molecule has 3 amide bonds. The van der Waals surface area contributed by atoms with Gasteiger partial charge in [-0.25, -0.2) is 9.78 Å². The van der Waals surface area contributed by atoms with Gasteiger partial charge in [0.05, 0.1) is 11.8 Å². The maximum Gasteiger partial charge on any atom is 0.407 e. The Bertz CT molecular complexity index is 1130. The lowest BCUT2D eigenvalue weighted by atomic mass is 9.80.